The molecule has 0 aliphatic carbocycles. The Hall–Kier alpha value is -1.95. The molecule has 2 aromatic heterocycles. The fourth-order valence-corrected chi connectivity index (χ4v) is 1.20. The van der Waals surface area contributed by atoms with Crippen molar-refractivity contribution in [1.82, 2.24) is 15.0 Å². The average molecular weight is 244 g/mol. The Morgan fingerprint density at radius 2 is 2.00 bits per heavy atom. The lowest BCUT2D eigenvalue weighted by Crippen LogP contribution is -2.22. The molecule has 0 bridgehead atoms. The summed E-state index contributed by atoms with van der Waals surface area (Å²) in [6, 6.07) is 2.91. The highest BCUT2D eigenvalue weighted by Gasteiger charge is 2.08. The van der Waals surface area contributed by atoms with Crippen LogP contribution in [-0.2, 0) is 0 Å². The molecule has 0 atom stereocenters. The van der Waals surface area contributed by atoms with Crippen LogP contribution in [0.3, 0.4) is 0 Å². The van der Waals surface area contributed by atoms with E-state index in [1.807, 2.05) is 4.98 Å². The highest BCUT2D eigenvalue weighted by Crippen LogP contribution is 2.14. The Morgan fingerprint density at radius 3 is 2.62 bits per heavy atom. The van der Waals surface area contributed by atoms with Crippen LogP contribution in [0.4, 0.5) is 4.39 Å². The van der Waals surface area contributed by atoms with E-state index in [4.69, 9.17) is 0 Å². The van der Waals surface area contributed by atoms with Gasteiger partial charge in [0.15, 0.2) is 0 Å². The van der Waals surface area contributed by atoms with Crippen LogP contribution in [0.5, 0.6) is 0 Å². The number of aromatic nitrogens is 3. The smallest absolute Gasteiger partial charge is 0.313 e. The molecule has 2 N–H and O–H groups in total. The van der Waals surface area contributed by atoms with Crippen LogP contribution in [0.15, 0.2) is 34.1 Å². The van der Waals surface area contributed by atoms with E-state index in [-0.39, 0.29) is 23.5 Å². The first-order valence-electron chi connectivity index (χ1n) is 4.11. The molecule has 0 aliphatic rings. The number of halogens is 2. The van der Waals surface area contributed by atoms with Gasteiger partial charge in [-0.05, 0) is 12.1 Å². The van der Waals surface area contributed by atoms with Crippen LogP contribution < -0.4 is 11.2 Å². The maximum Gasteiger partial charge on any atom is 0.325 e. The summed E-state index contributed by atoms with van der Waals surface area (Å²) in [7, 11) is 0. The number of H-pyrrole nitrogens is 2. The summed E-state index contributed by atoms with van der Waals surface area (Å²) in [5.74, 6) is -0.755. The Morgan fingerprint density at radius 1 is 1.25 bits per heavy atom. The van der Waals surface area contributed by atoms with Crippen LogP contribution in [0.1, 0.15) is 0 Å². The lowest BCUT2D eigenvalue weighted by Gasteiger charge is -1.99. The summed E-state index contributed by atoms with van der Waals surface area (Å²) in [5.41, 5.74) is -1.19. The van der Waals surface area contributed by atoms with Gasteiger partial charge in [0.25, 0.3) is 5.56 Å². The number of hydrogen-bond acceptors (Lipinski definition) is 3. The molecule has 0 saturated carbocycles. The second kappa shape index (κ2) is 4.71. The highest BCUT2D eigenvalue weighted by molar-refractivity contribution is 5.85. The molecule has 0 spiro atoms. The number of aromatic amines is 2. The third kappa shape index (κ3) is 2.17. The molecule has 16 heavy (non-hydrogen) atoms. The molecule has 0 radical (unpaired) electrons. The quantitative estimate of drug-likeness (QED) is 0.723. The van der Waals surface area contributed by atoms with Crippen molar-refractivity contribution in [3.63, 3.8) is 0 Å². The third-order valence-electron chi connectivity index (χ3n) is 1.87. The van der Waals surface area contributed by atoms with Crippen molar-refractivity contribution >= 4 is 12.4 Å². The number of nitrogens with zero attached hydrogens (tertiary/aromatic N) is 1. The van der Waals surface area contributed by atoms with Gasteiger partial charge in [0.05, 0.1) is 5.56 Å². The zero-order chi connectivity index (χ0) is 10.8. The van der Waals surface area contributed by atoms with Crippen molar-refractivity contribution in [1.29, 1.82) is 0 Å². The van der Waals surface area contributed by atoms with E-state index in [1.165, 1.54) is 18.3 Å². The summed E-state index contributed by atoms with van der Waals surface area (Å²) < 4.78 is 13.2. The van der Waals surface area contributed by atoms with Crippen LogP contribution >= 0.6 is 12.4 Å². The number of rotatable bonds is 1. The Bertz CT molecular complexity index is 608. The van der Waals surface area contributed by atoms with Crippen molar-refractivity contribution in [2.24, 2.45) is 0 Å². The summed E-state index contributed by atoms with van der Waals surface area (Å²) in [6.45, 7) is 0. The lowest BCUT2D eigenvalue weighted by molar-refractivity contribution is 0.587. The molecule has 7 heteroatoms. The molecule has 2 rings (SSSR count). The molecule has 0 aromatic carbocycles. The molecular weight excluding hydrogens is 237 g/mol. The van der Waals surface area contributed by atoms with E-state index in [9.17, 15) is 14.0 Å². The average Bonchev–Trinajstić information content (AvgIpc) is 2.20. The van der Waals surface area contributed by atoms with Gasteiger partial charge < -0.3 is 4.98 Å². The van der Waals surface area contributed by atoms with E-state index >= 15 is 0 Å². The van der Waals surface area contributed by atoms with Crippen molar-refractivity contribution in [2.75, 3.05) is 0 Å². The van der Waals surface area contributed by atoms with Gasteiger partial charge in [0, 0.05) is 18.0 Å². The molecule has 0 saturated heterocycles. The summed E-state index contributed by atoms with van der Waals surface area (Å²) in [5, 5.41) is 0. The minimum absolute atomic E-state index is 0. The van der Waals surface area contributed by atoms with E-state index in [2.05, 4.69) is 9.97 Å². The molecule has 0 amide bonds. The van der Waals surface area contributed by atoms with Crippen molar-refractivity contribution in [3.05, 3.63) is 51.3 Å². The molecule has 0 aliphatic heterocycles. The van der Waals surface area contributed by atoms with Crippen molar-refractivity contribution in [3.8, 4) is 11.1 Å². The summed E-state index contributed by atoms with van der Waals surface area (Å²) in [4.78, 5) is 29.7. The third-order valence-corrected chi connectivity index (χ3v) is 1.87. The monoisotopic (exact) mass is 243 g/mol. The Kier molecular flexibility index (Phi) is 3.57. The zero-order valence-electron chi connectivity index (χ0n) is 7.86. The van der Waals surface area contributed by atoms with Gasteiger partial charge in [0.2, 0.25) is 5.95 Å². The normalized spacial score (nSPS) is 9.56. The van der Waals surface area contributed by atoms with E-state index < -0.39 is 17.2 Å². The number of pyridine rings is 1. The van der Waals surface area contributed by atoms with Crippen LogP contribution in [0, 0.1) is 5.95 Å². The van der Waals surface area contributed by atoms with Crippen LogP contribution in [0.2, 0.25) is 0 Å². The first kappa shape index (κ1) is 12.1. The second-order valence-corrected chi connectivity index (χ2v) is 2.83. The van der Waals surface area contributed by atoms with E-state index in [0.717, 1.165) is 6.20 Å². The van der Waals surface area contributed by atoms with E-state index in [0.29, 0.717) is 0 Å². The van der Waals surface area contributed by atoms with Gasteiger partial charge in [-0.15, -0.1) is 12.4 Å². The molecule has 84 valence electrons. The minimum Gasteiger partial charge on any atom is -0.313 e. The van der Waals surface area contributed by atoms with Crippen LogP contribution in [0.25, 0.3) is 11.1 Å². The molecule has 0 fully saturated rings. The molecular formula is C9H7ClFN3O2. The predicted molar refractivity (Wildman–Crippen MR) is 58.1 cm³/mol. The standard InChI is InChI=1S/C9H6FN3O2.ClH/c10-7-5(2-1-3-11-7)6-4-12-9(15)13-8(6)14;/h1-4H,(H2,12,13,14,15);1H. The van der Waals surface area contributed by atoms with Gasteiger partial charge in [-0.1, -0.05) is 0 Å². The molecule has 0 unspecified atom stereocenters. The van der Waals surface area contributed by atoms with Gasteiger partial charge in [-0.25, -0.2) is 9.78 Å². The molecule has 5 nitrogen and oxygen atoms in total. The fraction of sp³-hybridized carbons (Fsp3) is 0. The van der Waals surface area contributed by atoms with Gasteiger partial charge >= 0.3 is 5.69 Å². The first-order valence-corrected chi connectivity index (χ1v) is 4.11. The first-order chi connectivity index (χ1) is 7.18. The predicted octanol–water partition coefficient (Wildman–Crippen LogP) is 0.686. The van der Waals surface area contributed by atoms with Crippen LogP contribution in [-0.4, -0.2) is 15.0 Å². The van der Waals surface area contributed by atoms with E-state index in [1.54, 1.807) is 0 Å². The maximum atomic E-state index is 13.2. The van der Waals surface area contributed by atoms with Gasteiger partial charge in [-0.3, -0.25) is 9.78 Å². The topological polar surface area (TPSA) is 78.6 Å². The second-order valence-electron chi connectivity index (χ2n) is 2.83. The zero-order valence-corrected chi connectivity index (χ0v) is 8.68. The highest BCUT2D eigenvalue weighted by atomic mass is 35.5. The van der Waals surface area contributed by atoms with Gasteiger partial charge in [-0.2, -0.15) is 4.39 Å². The van der Waals surface area contributed by atoms with Gasteiger partial charge in [0.1, 0.15) is 0 Å². The SMILES string of the molecule is Cl.O=c1[nH]cc(-c2cccnc2F)c(=O)[nH]1. The summed E-state index contributed by atoms with van der Waals surface area (Å²) >= 11 is 0. The lowest BCUT2D eigenvalue weighted by atomic mass is 10.1. The molecule has 2 heterocycles. The van der Waals surface area contributed by atoms with Crippen molar-refractivity contribution < 1.29 is 4.39 Å². The summed E-state index contributed by atoms with van der Waals surface area (Å²) in [6.07, 6.45) is 2.43. The fourth-order valence-electron chi connectivity index (χ4n) is 1.20. The Labute approximate surface area is 94.8 Å². The maximum absolute atomic E-state index is 13.2. The Balaban J connectivity index is 0.00000128. The van der Waals surface area contributed by atoms with Crippen molar-refractivity contribution in [2.45, 2.75) is 0 Å². The number of nitrogens with one attached hydrogen (secondary N) is 2. The largest absolute Gasteiger partial charge is 0.325 e. The minimum atomic E-state index is -0.755. The number of hydrogen-bond donors (Lipinski definition) is 2. The molecule has 2 aromatic rings.